The quantitative estimate of drug-likeness (QED) is 0.810. The van der Waals surface area contributed by atoms with E-state index in [0.717, 1.165) is 26.9 Å². The highest BCUT2D eigenvalue weighted by atomic mass is 79.9. The molecule has 2 aromatic carbocycles. The van der Waals surface area contributed by atoms with E-state index in [4.69, 9.17) is 16.3 Å². The maximum atomic E-state index is 13.1. The molecule has 0 unspecified atom stereocenters. The van der Waals surface area contributed by atoms with Crippen LogP contribution in [0.4, 0.5) is 4.39 Å². The van der Waals surface area contributed by atoms with E-state index in [9.17, 15) is 4.39 Å². The van der Waals surface area contributed by atoms with Crippen LogP contribution in [0.1, 0.15) is 16.7 Å². The Labute approximate surface area is 137 Å². The number of halogens is 3. The highest BCUT2D eigenvalue weighted by Gasteiger charge is 2.09. The minimum Gasteiger partial charge on any atom is -0.488 e. The molecule has 0 aliphatic heterocycles. The standard InChI is InChI=1S/C16H16BrClFNO/c1-10-5-13(17)7-12(8-20-2)16(10)21-9-11-3-4-15(19)14(18)6-11/h3-7,20H,8-9H2,1-2H3. The first kappa shape index (κ1) is 16.3. The van der Waals surface area contributed by atoms with E-state index in [1.807, 2.05) is 26.1 Å². The summed E-state index contributed by atoms with van der Waals surface area (Å²) in [7, 11) is 1.89. The van der Waals surface area contributed by atoms with Crippen molar-refractivity contribution in [2.24, 2.45) is 0 Å². The second kappa shape index (κ2) is 7.25. The Balaban J connectivity index is 2.20. The van der Waals surface area contributed by atoms with Gasteiger partial charge in [-0.3, -0.25) is 0 Å². The van der Waals surface area contributed by atoms with Crippen LogP contribution in [0.5, 0.6) is 5.75 Å². The minimum atomic E-state index is -0.420. The lowest BCUT2D eigenvalue weighted by molar-refractivity contribution is 0.300. The third kappa shape index (κ3) is 4.19. The first-order chi connectivity index (χ1) is 10.0. The van der Waals surface area contributed by atoms with Gasteiger partial charge in [0.15, 0.2) is 0 Å². The highest BCUT2D eigenvalue weighted by Crippen LogP contribution is 2.29. The molecule has 2 aromatic rings. The van der Waals surface area contributed by atoms with Crippen LogP contribution in [-0.4, -0.2) is 7.05 Å². The molecule has 0 bridgehead atoms. The number of benzene rings is 2. The van der Waals surface area contributed by atoms with Gasteiger partial charge >= 0.3 is 0 Å². The van der Waals surface area contributed by atoms with Gasteiger partial charge in [-0.1, -0.05) is 33.6 Å². The summed E-state index contributed by atoms with van der Waals surface area (Å²) in [5.74, 6) is 0.420. The first-order valence-electron chi connectivity index (χ1n) is 6.51. The van der Waals surface area contributed by atoms with E-state index in [1.54, 1.807) is 12.1 Å². The Morgan fingerprint density at radius 2 is 2.05 bits per heavy atom. The summed E-state index contributed by atoms with van der Waals surface area (Å²) >= 11 is 9.27. The monoisotopic (exact) mass is 371 g/mol. The van der Waals surface area contributed by atoms with Gasteiger partial charge in [0.2, 0.25) is 0 Å². The van der Waals surface area contributed by atoms with Crippen molar-refractivity contribution in [3.8, 4) is 5.75 Å². The van der Waals surface area contributed by atoms with Crippen molar-refractivity contribution in [1.29, 1.82) is 0 Å². The van der Waals surface area contributed by atoms with Crippen molar-refractivity contribution in [3.05, 3.63) is 62.3 Å². The average Bonchev–Trinajstić information content (AvgIpc) is 2.42. The SMILES string of the molecule is CNCc1cc(Br)cc(C)c1OCc1ccc(F)c(Cl)c1. The number of hydrogen-bond acceptors (Lipinski definition) is 2. The van der Waals surface area contributed by atoms with Crippen molar-refractivity contribution in [1.82, 2.24) is 5.32 Å². The predicted molar refractivity (Wildman–Crippen MR) is 87.4 cm³/mol. The lowest BCUT2D eigenvalue weighted by Crippen LogP contribution is -2.09. The zero-order valence-corrected chi connectivity index (χ0v) is 14.2. The van der Waals surface area contributed by atoms with Crippen LogP contribution in [0.15, 0.2) is 34.8 Å². The smallest absolute Gasteiger partial charge is 0.141 e. The maximum absolute atomic E-state index is 13.1. The minimum absolute atomic E-state index is 0.110. The molecule has 0 spiro atoms. The van der Waals surface area contributed by atoms with Crippen LogP contribution in [0.2, 0.25) is 5.02 Å². The average molecular weight is 373 g/mol. The van der Waals surface area contributed by atoms with Crippen LogP contribution in [0, 0.1) is 12.7 Å². The summed E-state index contributed by atoms with van der Waals surface area (Å²) in [6.45, 7) is 3.05. The van der Waals surface area contributed by atoms with Crippen LogP contribution < -0.4 is 10.1 Å². The Morgan fingerprint density at radius 1 is 1.29 bits per heavy atom. The summed E-state index contributed by atoms with van der Waals surface area (Å²) in [6, 6.07) is 8.64. The van der Waals surface area contributed by atoms with Crippen molar-refractivity contribution in [2.45, 2.75) is 20.1 Å². The molecule has 1 N–H and O–H groups in total. The molecule has 2 rings (SSSR count). The van der Waals surface area contributed by atoms with Crippen molar-refractivity contribution in [2.75, 3.05) is 7.05 Å². The van der Waals surface area contributed by atoms with Gasteiger partial charge in [0.25, 0.3) is 0 Å². The van der Waals surface area contributed by atoms with Gasteiger partial charge in [-0.2, -0.15) is 0 Å². The second-order valence-electron chi connectivity index (χ2n) is 4.78. The summed E-state index contributed by atoms with van der Waals surface area (Å²) in [5, 5.41) is 3.23. The molecule has 5 heteroatoms. The molecule has 112 valence electrons. The van der Waals surface area contributed by atoms with Crippen LogP contribution in [0.3, 0.4) is 0 Å². The fourth-order valence-corrected chi connectivity index (χ4v) is 2.94. The molecule has 0 fully saturated rings. The summed E-state index contributed by atoms with van der Waals surface area (Å²) in [4.78, 5) is 0. The van der Waals surface area contributed by atoms with Crippen molar-refractivity contribution < 1.29 is 9.13 Å². The molecule has 0 saturated carbocycles. The third-order valence-corrected chi connectivity index (χ3v) is 3.80. The van der Waals surface area contributed by atoms with Crippen molar-refractivity contribution >= 4 is 27.5 Å². The zero-order chi connectivity index (χ0) is 15.4. The second-order valence-corrected chi connectivity index (χ2v) is 6.10. The van der Waals surface area contributed by atoms with E-state index in [-0.39, 0.29) is 5.02 Å². The van der Waals surface area contributed by atoms with E-state index < -0.39 is 5.82 Å². The molecular formula is C16H16BrClFNO. The largest absolute Gasteiger partial charge is 0.488 e. The Kier molecular flexibility index (Phi) is 5.62. The Morgan fingerprint density at radius 3 is 2.71 bits per heavy atom. The van der Waals surface area contributed by atoms with E-state index in [0.29, 0.717) is 13.2 Å². The Hall–Kier alpha value is -1.10. The summed E-state index contributed by atoms with van der Waals surface area (Å²) < 4.78 is 20.1. The van der Waals surface area contributed by atoms with Crippen molar-refractivity contribution in [3.63, 3.8) is 0 Å². The number of hydrogen-bond donors (Lipinski definition) is 1. The maximum Gasteiger partial charge on any atom is 0.141 e. The fraction of sp³-hybridized carbons (Fsp3) is 0.250. The number of nitrogens with one attached hydrogen (secondary N) is 1. The van der Waals surface area contributed by atoms with Gasteiger partial charge in [-0.05, 0) is 49.4 Å². The molecular weight excluding hydrogens is 357 g/mol. The highest BCUT2D eigenvalue weighted by molar-refractivity contribution is 9.10. The van der Waals surface area contributed by atoms with Crippen LogP contribution >= 0.6 is 27.5 Å². The number of ether oxygens (including phenoxy) is 1. The summed E-state index contributed by atoms with van der Waals surface area (Å²) in [6.07, 6.45) is 0. The van der Waals surface area contributed by atoms with Gasteiger partial charge in [0.1, 0.15) is 18.2 Å². The topological polar surface area (TPSA) is 21.3 Å². The molecule has 0 atom stereocenters. The molecule has 0 amide bonds. The zero-order valence-electron chi connectivity index (χ0n) is 11.8. The van der Waals surface area contributed by atoms with E-state index >= 15 is 0 Å². The van der Waals surface area contributed by atoms with Gasteiger partial charge in [0, 0.05) is 16.6 Å². The molecule has 0 aliphatic rings. The van der Waals surface area contributed by atoms with Crippen LogP contribution in [-0.2, 0) is 13.2 Å². The van der Waals surface area contributed by atoms with Gasteiger partial charge in [0.05, 0.1) is 5.02 Å². The van der Waals surface area contributed by atoms with Crippen LogP contribution in [0.25, 0.3) is 0 Å². The molecule has 0 heterocycles. The molecule has 0 saturated heterocycles. The summed E-state index contributed by atoms with van der Waals surface area (Å²) in [5.41, 5.74) is 2.94. The number of rotatable bonds is 5. The van der Waals surface area contributed by atoms with E-state index in [1.165, 1.54) is 6.07 Å². The van der Waals surface area contributed by atoms with Gasteiger partial charge in [-0.15, -0.1) is 0 Å². The molecule has 0 aliphatic carbocycles. The lowest BCUT2D eigenvalue weighted by Gasteiger charge is -2.15. The molecule has 21 heavy (non-hydrogen) atoms. The lowest BCUT2D eigenvalue weighted by atomic mass is 10.1. The normalized spacial score (nSPS) is 10.7. The van der Waals surface area contributed by atoms with Gasteiger partial charge < -0.3 is 10.1 Å². The third-order valence-electron chi connectivity index (χ3n) is 3.05. The van der Waals surface area contributed by atoms with E-state index in [2.05, 4.69) is 21.2 Å². The molecule has 2 nitrogen and oxygen atoms in total. The Bertz CT molecular complexity index is 648. The fourth-order valence-electron chi connectivity index (χ4n) is 2.11. The van der Waals surface area contributed by atoms with Gasteiger partial charge in [-0.25, -0.2) is 4.39 Å². The molecule has 0 radical (unpaired) electrons. The molecule has 0 aromatic heterocycles. The first-order valence-corrected chi connectivity index (χ1v) is 7.68. The predicted octanol–water partition coefficient (Wildman–Crippen LogP) is 4.85. The number of aryl methyl sites for hydroxylation is 1.